The smallest absolute Gasteiger partial charge is 0.160 e. The summed E-state index contributed by atoms with van der Waals surface area (Å²) >= 11 is 0. The van der Waals surface area contributed by atoms with Gasteiger partial charge in [-0.25, -0.2) is 9.97 Å². The van der Waals surface area contributed by atoms with E-state index in [2.05, 4.69) is 166 Å². The van der Waals surface area contributed by atoms with E-state index >= 15 is 0 Å². The van der Waals surface area contributed by atoms with Gasteiger partial charge in [0.05, 0.1) is 11.4 Å². The van der Waals surface area contributed by atoms with Crippen molar-refractivity contribution in [2.75, 3.05) is 0 Å². The summed E-state index contributed by atoms with van der Waals surface area (Å²) in [5, 5.41) is 7.38. The Bertz CT molecular complexity index is 2830. The van der Waals surface area contributed by atoms with E-state index in [1.54, 1.807) is 0 Å². The maximum atomic E-state index is 5.22. The Labute approximate surface area is 297 Å². The lowest BCUT2D eigenvalue weighted by Gasteiger charge is -2.22. The summed E-state index contributed by atoms with van der Waals surface area (Å²) in [4.78, 5) is 10.3. The molecule has 0 unspecified atom stereocenters. The van der Waals surface area contributed by atoms with Crippen LogP contribution >= 0.6 is 0 Å². The minimum Gasteiger partial charge on any atom is -0.228 e. The van der Waals surface area contributed by atoms with Crippen molar-refractivity contribution in [2.24, 2.45) is 0 Å². The van der Waals surface area contributed by atoms with Crippen LogP contribution in [0.2, 0.25) is 0 Å². The van der Waals surface area contributed by atoms with Crippen molar-refractivity contribution in [1.82, 2.24) is 9.97 Å². The Balaban J connectivity index is 1.16. The van der Waals surface area contributed by atoms with Crippen molar-refractivity contribution in [3.8, 4) is 56.2 Å². The molecule has 0 atom stereocenters. The molecule has 0 spiro atoms. The van der Waals surface area contributed by atoms with Gasteiger partial charge in [0.1, 0.15) is 0 Å². The molecule has 1 aromatic heterocycles. The van der Waals surface area contributed by atoms with Crippen LogP contribution in [0.5, 0.6) is 0 Å². The molecule has 0 saturated carbocycles. The molecule has 10 rings (SSSR count). The maximum Gasteiger partial charge on any atom is 0.160 e. The minimum absolute atomic E-state index is 0.0641. The summed E-state index contributed by atoms with van der Waals surface area (Å²) in [5.41, 5.74) is 12.8. The Morgan fingerprint density at radius 2 is 0.980 bits per heavy atom. The first kappa shape index (κ1) is 29.5. The number of aromatic nitrogens is 2. The highest BCUT2D eigenvalue weighted by Crippen LogP contribution is 2.52. The molecule has 51 heavy (non-hydrogen) atoms. The molecule has 0 bridgehead atoms. The third-order valence-corrected chi connectivity index (χ3v) is 10.9. The van der Waals surface area contributed by atoms with E-state index in [1.807, 2.05) is 18.2 Å². The van der Waals surface area contributed by atoms with Crippen LogP contribution in [0.15, 0.2) is 170 Å². The lowest BCUT2D eigenvalue weighted by atomic mass is 9.81. The van der Waals surface area contributed by atoms with E-state index in [1.165, 1.54) is 65.7 Å². The number of hydrogen-bond donors (Lipinski definition) is 0. The van der Waals surface area contributed by atoms with Gasteiger partial charge >= 0.3 is 0 Å². The van der Waals surface area contributed by atoms with Crippen LogP contribution in [-0.2, 0) is 5.41 Å². The van der Waals surface area contributed by atoms with E-state index < -0.39 is 0 Å². The largest absolute Gasteiger partial charge is 0.228 e. The maximum absolute atomic E-state index is 5.22. The molecular formula is C49H34N2. The van der Waals surface area contributed by atoms with Gasteiger partial charge in [-0.1, -0.05) is 166 Å². The number of rotatable bonds is 4. The van der Waals surface area contributed by atoms with E-state index in [0.29, 0.717) is 0 Å². The van der Waals surface area contributed by atoms with Crippen LogP contribution < -0.4 is 0 Å². The summed E-state index contributed by atoms with van der Waals surface area (Å²) in [5.74, 6) is 0.719. The van der Waals surface area contributed by atoms with Gasteiger partial charge in [-0.2, -0.15) is 0 Å². The molecule has 1 aliphatic rings. The SMILES string of the molecule is CC1(C)c2ccc(-c3ccc(-c4cc(-c5ccc6ccccc6c5)nc(-c5ccccc5)n4)c4ccccc34)cc2-c2c1ccc1ccccc21. The van der Waals surface area contributed by atoms with Crippen LogP contribution in [0.3, 0.4) is 0 Å². The zero-order chi connectivity index (χ0) is 34.1. The topological polar surface area (TPSA) is 25.8 Å². The van der Waals surface area contributed by atoms with Crippen molar-refractivity contribution >= 4 is 32.3 Å². The summed E-state index contributed by atoms with van der Waals surface area (Å²) in [7, 11) is 0. The summed E-state index contributed by atoms with van der Waals surface area (Å²) in [6.07, 6.45) is 0. The first-order valence-corrected chi connectivity index (χ1v) is 17.7. The second kappa shape index (κ2) is 11.3. The second-order valence-corrected chi connectivity index (χ2v) is 14.2. The molecular weight excluding hydrogens is 617 g/mol. The molecule has 0 saturated heterocycles. The van der Waals surface area contributed by atoms with Gasteiger partial charge in [0, 0.05) is 22.1 Å². The third kappa shape index (κ3) is 4.71. The van der Waals surface area contributed by atoms with Crippen LogP contribution in [0.4, 0.5) is 0 Å². The van der Waals surface area contributed by atoms with Crippen molar-refractivity contribution in [3.05, 3.63) is 181 Å². The number of benzene rings is 8. The average molecular weight is 651 g/mol. The minimum atomic E-state index is -0.0641. The Morgan fingerprint density at radius 3 is 1.80 bits per heavy atom. The fraction of sp³-hybridized carbons (Fsp3) is 0.0612. The van der Waals surface area contributed by atoms with Crippen molar-refractivity contribution in [3.63, 3.8) is 0 Å². The lowest BCUT2D eigenvalue weighted by molar-refractivity contribution is 0.661. The molecule has 2 nitrogen and oxygen atoms in total. The summed E-state index contributed by atoms with van der Waals surface area (Å²) in [6, 6.07) is 61.3. The zero-order valence-corrected chi connectivity index (χ0v) is 28.6. The molecule has 1 aliphatic carbocycles. The fourth-order valence-electron chi connectivity index (χ4n) is 8.26. The molecule has 0 amide bonds. The highest BCUT2D eigenvalue weighted by molar-refractivity contribution is 6.07. The Kier molecular flexibility index (Phi) is 6.56. The van der Waals surface area contributed by atoms with Crippen LogP contribution in [0.1, 0.15) is 25.0 Å². The van der Waals surface area contributed by atoms with Gasteiger partial charge in [-0.05, 0) is 83.9 Å². The van der Waals surface area contributed by atoms with Gasteiger partial charge in [-0.15, -0.1) is 0 Å². The molecule has 1 heterocycles. The molecule has 2 heteroatoms. The zero-order valence-electron chi connectivity index (χ0n) is 28.6. The third-order valence-electron chi connectivity index (χ3n) is 10.9. The fourth-order valence-corrected chi connectivity index (χ4v) is 8.26. The summed E-state index contributed by atoms with van der Waals surface area (Å²) in [6.45, 7) is 4.71. The highest BCUT2D eigenvalue weighted by atomic mass is 14.9. The van der Waals surface area contributed by atoms with E-state index in [-0.39, 0.29) is 5.41 Å². The van der Waals surface area contributed by atoms with Crippen molar-refractivity contribution in [2.45, 2.75) is 19.3 Å². The van der Waals surface area contributed by atoms with Crippen molar-refractivity contribution in [1.29, 1.82) is 0 Å². The molecule has 0 aliphatic heterocycles. The first-order chi connectivity index (χ1) is 25.0. The van der Waals surface area contributed by atoms with Gasteiger partial charge < -0.3 is 0 Å². The van der Waals surface area contributed by atoms with Gasteiger partial charge in [0.25, 0.3) is 0 Å². The molecule has 0 fully saturated rings. The average Bonchev–Trinajstić information content (AvgIpc) is 3.43. The Hall–Kier alpha value is -6.38. The predicted octanol–water partition coefficient (Wildman–Crippen LogP) is 12.9. The lowest BCUT2D eigenvalue weighted by Crippen LogP contribution is -2.14. The van der Waals surface area contributed by atoms with E-state index in [9.17, 15) is 0 Å². The summed E-state index contributed by atoms with van der Waals surface area (Å²) < 4.78 is 0. The Morgan fingerprint density at radius 1 is 0.373 bits per heavy atom. The standard InChI is InChI=1S/C49H34N2/c1-49(2)43-26-23-35(29-42(43)47-38-17-9-8-13-32(38)22-27-44(47)49)37-24-25-41(40-19-11-10-18-39(37)40)46-30-45(50-48(51-46)33-14-4-3-5-15-33)36-21-20-31-12-6-7-16-34(31)28-36/h3-30H,1-2H3. The van der Waals surface area contributed by atoms with Crippen LogP contribution in [0, 0.1) is 0 Å². The second-order valence-electron chi connectivity index (χ2n) is 14.2. The number of fused-ring (bicyclic) bond motifs is 7. The highest BCUT2D eigenvalue weighted by Gasteiger charge is 2.36. The molecule has 8 aromatic carbocycles. The van der Waals surface area contributed by atoms with E-state index in [0.717, 1.165) is 33.9 Å². The van der Waals surface area contributed by atoms with Crippen molar-refractivity contribution < 1.29 is 0 Å². The van der Waals surface area contributed by atoms with Crippen LogP contribution in [-0.4, -0.2) is 9.97 Å². The molecule has 0 radical (unpaired) electrons. The number of nitrogens with zero attached hydrogens (tertiary/aromatic N) is 2. The van der Waals surface area contributed by atoms with E-state index in [4.69, 9.17) is 9.97 Å². The normalized spacial score (nSPS) is 13.1. The monoisotopic (exact) mass is 650 g/mol. The number of hydrogen-bond acceptors (Lipinski definition) is 2. The molecule has 240 valence electrons. The molecule has 0 N–H and O–H groups in total. The quantitative estimate of drug-likeness (QED) is 0.189. The predicted molar refractivity (Wildman–Crippen MR) is 214 cm³/mol. The first-order valence-electron chi connectivity index (χ1n) is 17.7. The molecule has 9 aromatic rings. The van der Waals surface area contributed by atoms with Gasteiger partial charge in [0.15, 0.2) is 5.82 Å². The van der Waals surface area contributed by atoms with Gasteiger partial charge in [-0.3, -0.25) is 0 Å². The van der Waals surface area contributed by atoms with Crippen LogP contribution in [0.25, 0.3) is 88.5 Å². The van der Waals surface area contributed by atoms with Gasteiger partial charge in [0.2, 0.25) is 0 Å².